The monoisotopic (exact) mass is 513 g/mol. The molecular formula is C29H40FN3O4. The number of allylic oxidation sites excluding steroid dienone is 5. The van der Waals surface area contributed by atoms with Gasteiger partial charge in [0.2, 0.25) is 0 Å². The van der Waals surface area contributed by atoms with Crippen LogP contribution < -0.4 is 0 Å². The number of aryl methyl sites for hydroxylation is 1. The Hall–Kier alpha value is -3.10. The van der Waals surface area contributed by atoms with Crippen molar-refractivity contribution < 1.29 is 23.5 Å². The van der Waals surface area contributed by atoms with Crippen molar-refractivity contribution in [3.8, 4) is 0 Å². The van der Waals surface area contributed by atoms with Crippen LogP contribution in [0.1, 0.15) is 37.6 Å². The lowest BCUT2D eigenvalue weighted by molar-refractivity contribution is 0.0137. The minimum absolute atomic E-state index is 0.0850. The van der Waals surface area contributed by atoms with Crippen molar-refractivity contribution in [3.05, 3.63) is 71.2 Å². The summed E-state index contributed by atoms with van der Waals surface area (Å²) in [5, 5.41) is 1.19. The number of amides is 1. The summed E-state index contributed by atoms with van der Waals surface area (Å²) < 4.78 is 30.4. The summed E-state index contributed by atoms with van der Waals surface area (Å²) in [7, 11) is 0. The van der Waals surface area contributed by atoms with Gasteiger partial charge in [0, 0.05) is 42.7 Å². The lowest BCUT2D eigenvalue weighted by Crippen LogP contribution is -2.38. The predicted octanol–water partition coefficient (Wildman–Crippen LogP) is 5.52. The Kier molecular flexibility index (Phi) is 11.2. The van der Waals surface area contributed by atoms with Gasteiger partial charge in [0.25, 0.3) is 0 Å². The van der Waals surface area contributed by atoms with Crippen molar-refractivity contribution in [2.75, 3.05) is 52.6 Å². The van der Waals surface area contributed by atoms with Crippen LogP contribution >= 0.6 is 0 Å². The largest absolute Gasteiger partial charge is 0.497 e. The highest BCUT2D eigenvalue weighted by Crippen LogP contribution is 2.27. The van der Waals surface area contributed by atoms with Gasteiger partial charge in [0.15, 0.2) is 0 Å². The van der Waals surface area contributed by atoms with Crippen molar-refractivity contribution in [2.45, 2.75) is 40.0 Å². The number of H-pyrrole nitrogens is 1. The van der Waals surface area contributed by atoms with Gasteiger partial charge in [0.05, 0.1) is 32.1 Å². The number of carbonyl (C=O) groups excluding carboxylic acids is 1. The van der Waals surface area contributed by atoms with Gasteiger partial charge in [-0.25, -0.2) is 4.79 Å². The molecule has 1 aromatic heterocycles. The number of nitrogens with one attached hydrogen (secondary N) is 1. The molecule has 1 N–H and O–H groups in total. The SMILES string of the molecule is C=C/C(=C\C=C(/C)OCCN1CCOCC1)Cc1[nH]c2ccc(CC)cc2c1CCN(F)C(=O)OCC. The van der Waals surface area contributed by atoms with E-state index in [-0.39, 0.29) is 18.3 Å². The summed E-state index contributed by atoms with van der Waals surface area (Å²) in [6.45, 7) is 14.7. The van der Waals surface area contributed by atoms with Crippen LogP contribution in [0.2, 0.25) is 0 Å². The van der Waals surface area contributed by atoms with Crippen molar-refractivity contribution in [2.24, 2.45) is 0 Å². The molecule has 2 heterocycles. The van der Waals surface area contributed by atoms with E-state index in [2.05, 4.69) is 41.6 Å². The van der Waals surface area contributed by atoms with E-state index in [1.54, 1.807) is 6.92 Å². The van der Waals surface area contributed by atoms with E-state index in [0.29, 0.717) is 19.4 Å². The van der Waals surface area contributed by atoms with Gasteiger partial charge in [-0.05, 0) is 61.6 Å². The molecule has 2 aromatic rings. The van der Waals surface area contributed by atoms with E-state index in [9.17, 15) is 9.28 Å². The van der Waals surface area contributed by atoms with Crippen molar-refractivity contribution in [3.63, 3.8) is 0 Å². The predicted molar refractivity (Wildman–Crippen MR) is 145 cm³/mol. The molecule has 1 aromatic carbocycles. The molecule has 202 valence electrons. The maximum absolute atomic E-state index is 14.3. The van der Waals surface area contributed by atoms with Crippen LogP contribution in [0.4, 0.5) is 9.28 Å². The molecule has 0 spiro atoms. The minimum Gasteiger partial charge on any atom is -0.497 e. The Morgan fingerprint density at radius 1 is 1.24 bits per heavy atom. The van der Waals surface area contributed by atoms with Gasteiger partial charge in [-0.2, -0.15) is 0 Å². The van der Waals surface area contributed by atoms with Gasteiger partial charge in [-0.1, -0.05) is 36.2 Å². The second-order valence-corrected chi connectivity index (χ2v) is 9.05. The van der Waals surface area contributed by atoms with Crippen LogP contribution in [-0.2, 0) is 33.5 Å². The Morgan fingerprint density at radius 2 is 2.03 bits per heavy atom. The number of carbonyl (C=O) groups is 1. The molecule has 7 nitrogen and oxygen atoms in total. The summed E-state index contributed by atoms with van der Waals surface area (Å²) in [5.74, 6) is 0.833. The number of fused-ring (bicyclic) bond motifs is 1. The first-order chi connectivity index (χ1) is 17.9. The van der Waals surface area contributed by atoms with Crippen LogP contribution in [0.15, 0.2) is 54.3 Å². The van der Waals surface area contributed by atoms with Gasteiger partial charge in [-0.15, -0.1) is 5.12 Å². The zero-order valence-corrected chi connectivity index (χ0v) is 22.4. The molecule has 1 amide bonds. The summed E-state index contributed by atoms with van der Waals surface area (Å²) >= 11 is 0. The first kappa shape index (κ1) is 28.5. The number of hydrogen-bond acceptors (Lipinski definition) is 5. The van der Waals surface area contributed by atoms with E-state index >= 15 is 0 Å². The molecule has 0 atom stereocenters. The standard InChI is InChI=1S/C29H40FN3O4/c1-5-23-10-11-27-26(20-23)25(12-13-33(30)29(34)36-7-3)28(31-27)21-24(6-2)9-8-22(4)37-19-16-32-14-17-35-18-15-32/h6,8-11,20,31H,2,5,7,12-19,21H2,1,3-4H3/b22-8+,24-9+. The minimum atomic E-state index is -0.959. The summed E-state index contributed by atoms with van der Waals surface area (Å²) in [5.41, 5.74) is 5.17. The smallest absolute Gasteiger partial charge is 0.438 e. The maximum atomic E-state index is 14.3. The number of benzene rings is 1. The number of morpholine rings is 1. The third-order valence-corrected chi connectivity index (χ3v) is 6.51. The number of ether oxygens (including phenoxy) is 3. The summed E-state index contributed by atoms with van der Waals surface area (Å²) in [4.78, 5) is 17.6. The fourth-order valence-electron chi connectivity index (χ4n) is 4.34. The summed E-state index contributed by atoms with van der Waals surface area (Å²) in [6, 6.07) is 6.29. The van der Waals surface area contributed by atoms with E-state index < -0.39 is 6.09 Å². The fraction of sp³-hybridized carbons (Fsp3) is 0.483. The second kappa shape index (κ2) is 14.6. The van der Waals surface area contributed by atoms with E-state index in [4.69, 9.17) is 14.2 Å². The molecule has 3 rings (SSSR count). The highest BCUT2D eigenvalue weighted by molar-refractivity contribution is 5.85. The Labute approximate surface area is 219 Å². The first-order valence-electron chi connectivity index (χ1n) is 13.1. The lowest BCUT2D eigenvalue weighted by Gasteiger charge is -2.26. The average Bonchev–Trinajstić information content (AvgIpc) is 3.26. The van der Waals surface area contributed by atoms with Gasteiger partial charge in [0.1, 0.15) is 6.61 Å². The highest BCUT2D eigenvalue weighted by Gasteiger charge is 2.18. The third kappa shape index (κ3) is 8.47. The summed E-state index contributed by atoms with van der Waals surface area (Å²) in [6.07, 6.45) is 6.69. The molecule has 1 fully saturated rings. The quantitative estimate of drug-likeness (QED) is 0.217. The highest BCUT2D eigenvalue weighted by atomic mass is 19.2. The van der Waals surface area contributed by atoms with Crippen LogP contribution in [0.5, 0.6) is 0 Å². The molecule has 0 radical (unpaired) electrons. The second-order valence-electron chi connectivity index (χ2n) is 9.05. The molecule has 8 heteroatoms. The molecule has 1 aliphatic rings. The molecule has 1 aliphatic heterocycles. The number of halogens is 1. The normalized spacial score (nSPS) is 15.1. The molecule has 0 saturated carbocycles. The van der Waals surface area contributed by atoms with Crippen molar-refractivity contribution in [1.82, 2.24) is 15.0 Å². The Morgan fingerprint density at radius 3 is 2.73 bits per heavy atom. The molecule has 0 aliphatic carbocycles. The van der Waals surface area contributed by atoms with E-state index in [1.165, 1.54) is 5.56 Å². The molecule has 37 heavy (non-hydrogen) atoms. The van der Waals surface area contributed by atoms with E-state index in [0.717, 1.165) is 72.8 Å². The fourth-order valence-corrected chi connectivity index (χ4v) is 4.34. The maximum Gasteiger partial charge on any atom is 0.438 e. The number of aromatic amines is 1. The Balaban J connectivity index is 1.72. The lowest BCUT2D eigenvalue weighted by atomic mass is 10.0. The number of aromatic nitrogens is 1. The van der Waals surface area contributed by atoms with Gasteiger partial charge >= 0.3 is 6.09 Å². The number of hydrogen-bond donors (Lipinski definition) is 1. The van der Waals surface area contributed by atoms with Gasteiger partial charge < -0.3 is 19.2 Å². The molecular weight excluding hydrogens is 473 g/mol. The van der Waals surface area contributed by atoms with E-state index in [1.807, 2.05) is 25.2 Å². The number of nitrogens with zero attached hydrogens (tertiary/aromatic N) is 2. The van der Waals surface area contributed by atoms with Gasteiger partial charge in [-0.3, -0.25) is 4.90 Å². The molecule has 1 saturated heterocycles. The molecule has 0 bridgehead atoms. The number of rotatable bonds is 13. The van der Waals surface area contributed by atoms with Crippen LogP contribution in [0.3, 0.4) is 0 Å². The molecule has 0 unspecified atom stereocenters. The Bertz CT molecular complexity index is 1100. The average molecular weight is 514 g/mol. The zero-order valence-electron chi connectivity index (χ0n) is 22.4. The first-order valence-corrected chi connectivity index (χ1v) is 13.1. The third-order valence-electron chi connectivity index (χ3n) is 6.51. The van der Waals surface area contributed by atoms with Crippen LogP contribution in [0, 0.1) is 0 Å². The zero-order chi connectivity index (χ0) is 26.6. The topological polar surface area (TPSA) is 67.0 Å². The van der Waals surface area contributed by atoms with Crippen LogP contribution in [-0.4, -0.2) is 73.7 Å². The van der Waals surface area contributed by atoms with Crippen molar-refractivity contribution >= 4 is 17.0 Å². The van der Waals surface area contributed by atoms with Crippen LogP contribution in [0.25, 0.3) is 10.9 Å². The van der Waals surface area contributed by atoms with Crippen molar-refractivity contribution in [1.29, 1.82) is 0 Å².